The molecule has 0 spiro atoms. The number of hydrogen-bond acceptors (Lipinski definition) is 2. The number of anilines is 1. The van der Waals surface area contributed by atoms with E-state index in [1.165, 1.54) is 6.07 Å². The standard InChI is InChI=1S/C15H17ClF3NO/c16-9-10-4-5-12(11(8-10)15(17,18)19)20-6-7-21-14-3-1-2-13(14)20/h4-5,8,13-14H,1-3,6-7,9H2. The van der Waals surface area contributed by atoms with Crippen LogP contribution in [0.3, 0.4) is 0 Å². The van der Waals surface area contributed by atoms with Crippen molar-refractivity contribution in [2.75, 3.05) is 18.1 Å². The van der Waals surface area contributed by atoms with Crippen LogP contribution in [0, 0.1) is 0 Å². The van der Waals surface area contributed by atoms with E-state index in [0.717, 1.165) is 19.3 Å². The number of nitrogens with zero attached hydrogens (tertiary/aromatic N) is 1. The minimum Gasteiger partial charge on any atom is -0.374 e. The summed E-state index contributed by atoms with van der Waals surface area (Å²) >= 11 is 5.68. The second-order valence-electron chi connectivity index (χ2n) is 5.58. The summed E-state index contributed by atoms with van der Waals surface area (Å²) < 4.78 is 45.8. The normalized spacial score (nSPS) is 26.0. The lowest BCUT2D eigenvalue weighted by molar-refractivity contribution is -0.137. The first-order valence-corrected chi connectivity index (χ1v) is 7.68. The maximum atomic E-state index is 13.4. The topological polar surface area (TPSA) is 12.5 Å². The highest BCUT2D eigenvalue weighted by Crippen LogP contribution is 2.41. The van der Waals surface area contributed by atoms with Gasteiger partial charge in [0.1, 0.15) is 0 Å². The second kappa shape index (κ2) is 5.69. The van der Waals surface area contributed by atoms with Crippen LogP contribution in [0.25, 0.3) is 0 Å². The lowest BCUT2D eigenvalue weighted by Crippen LogP contribution is -2.49. The summed E-state index contributed by atoms with van der Waals surface area (Å²) in [7, 11) is 0. The Bertz CT molecular complexity index is 520. The average molecular weight is 320 g/mol. The molecule has 1 aromatic carbocycles. The number of alkyl halides is 4. The molecule has 2 nitrogen and oxygen atoms in total. The fraction of sp³-hybridized carbons (Fsp3) is 0.600. The molecule has 1 heterocycles. The molecule has 116 valence electrons. The van der Waals surface area contributed by atoms with Gasteiger partial charge in [-0.05, 0) is 37.0 Å². The zero-order chi connectivity index (χ0) is 15.0. The Kier molecular flexibility index (Phi) is 4.06. The Balaban J connectivity index is 2.00. The largest absolute Gasteiger partial charge is 0.418 e. The molecule has 1 aliphatic carbocycles. The maximum absolute atomic E-state index is 13.4. The van der Waals surface area contributed by atoms with Crippen molar-refractivity contribution >= 4 is 17.3 Å². The van der Waals surface area contributed by atoms with Crippen LogP contribution < -0.4 is 4.90 Å². The van der Waals surface area contributed by atoms with E-state index in [1.54, 1.807) is 12.1 Å². The van der Waals surface area contributed by atoms with E-state index in [1.807, 2.05) is 4.90 Å². The average Bonchev–Trinajstić information content (AvgIpc) is 2.94. The van der Waals surface area contributed by atoms with Crippen molar-refractivity contribution in [2.24, 2.45) is 0 Å². The van der Waals surface area contributed by atoms with Crippen LogP contribution in [-0.2, 0) is 16.8 Å². The summed E-state index contributed by atoms with van der Waals surface area (Å²) in [5.74, 6) is 0.0819. The quantitative estimate of drug-likeness (QED) is 0.757. The van der Waals surface area contributed by atoms with Crippen LogP contribution in [0.5, 0.6) is 0 Å². The van der Waals surface area contributed by atoms with Gasteiger partial charge in [-0.25, -0.2) is 0 Å². The van der Waals surface area contributed by atoms with Crippen molar-refractivity contribution in [2.45, 2.75) is 43.5 Å². The summed E-state index contributed by atoms with van der Waals surface area (Å²) in [5, 5.41) is 0. The van der Waals surface area contributed by atoms with E-state index in [4.69, 9.17) is 16.3 Å². The molecule has 0 radical (unpaired) electrons. The van der Waals surface area contributed by atoms with Gasteiger partial charge in [-0.15, -0.1) is 11.6 Å². The predicted octanol–water partition coefficient (Wildman–Crippen LogP) is 4.20. The molecule has 1 aromatic rings. The molecule has 2 unspecified atom stereocenters. The van der Waals surface area contributed by atoms with Gasteiger partial charge in [0, 0.05) is 18.1 Å². The third-order valence-corrected chi connectivity index (χ3v) is 4.62. The van der Waals surface area contributed by atoms with Crippen LogP contribution in [0.1, 0.15) is 30.4 Å². The number of halogens is 4. The van der Waals surface area contributed by atoms with Crippen LogP contribution in [0.4, 0.5) is 18.9 Å². The molecule has 21 heavy (non-hydrogen) atoms. The van der Waals surface area contributed by atoms with Gasteiger partial charge in [-0.2, -0.15) is 13.2 Å². The predicted molar refractivity (Wildman–Crippen MR) is 75.7 cm³/mol. The van der Waals surface area contributed by atoms with E-state index in [2.05, 4.69) is 0 Å². The molecule has 0 bridgehead atoms. The SMILES string of the molecule is FC(F)(F)c1cc(CCl)ccc1N1CCOC2CCCC21. The number of morpholine rings is 1. The Morgan fingerprint density at radius 3 is 2.81 bits per heavy atom. The summed E-state index contributed by atoms with van der Waals surface area (Å²) in [4.78, 5) is 1.88. The summed E-state index contributed by atoms with van der Waals surface area (Å²) in [6.07, 6.45) is -1.48. The molecule has 6 heteroatoms. The molecule has 3 rings (SSSR count). The van der Waals surface area contributed by atoms with E-state index < -0.39 is 11.7 Å². The van der Waals surface area contributed by atoms with Gasteiger partial charge in [0.15, 0.2) is 0 Å². The highest BCUT2D eigenvalue weighted by molar-refractivity contribution is 6.17. The van der Waals surface area contributed by atoms with Crippen molar-refractivity contribution in [3.63, 3.8) is 0 Å². The number of fused-ring (bicyclic) bond motifs is 1. The minimum atomic E-state index is -4.37. The molecule has 1 saturated heterocycles. The number of hydrogen-bond donors (Lipinski definition) is 0. The fourth-order valence-electron chi connectivity index (χ4n) is 3.37. The van der Waals surface area contributed by atoms with Gasteiger partial charge in [-0.3, -0.25) is 0 Å². The number of rotatable bonds is 2. The van der Waals surface area contributed by atoms with Crippen molar-refractivity contribution in [3.05, 3.63) is 29.3 Å². The summed E-state index contributed by atoms with van der Waals surface area (Å²) in [6, 6.07) is 4.46. The van der Waals surface area contributed by atoms with Crippen molar-refractivity contribution < 1.29 is 17.9 Å². The molecular weight excluding hydrogens is 303 g/mol. The van der Waals surface area contributed by atoms with Crippen LogP contribution in [0.15, 0.2) is 18.2 Å². The van der Waals surface area contributed by atoms with Gasteiger partial charge >= 0.3 is 6.18 Å². The molecule has 0 N–H and O–H groups in total. The third-order valence-electron chi connectivity index (χ3n) is 4.31. The monoisotopic (exact) mass is 319 g/mol. The van der Waals surface area contributed by atoms with Crippen molar-refractivity contribution in [1.82, 2.24) is 0 Å². The van der Waals surface area contributed by atoms with Crippen LogP contribution in [-0.4, -0.2) is 25.3 Å². The smallest absolute Gasteiger partial charge is 0.374 e. The Hall–Kier alpha value is -0.940. The Labute approximate surface area is 126 Å². The van der Waals surface area contributed by atoms with E-state index in [-0.39, 0.29) is 23.7 Å². The van der Waals surface area contributed by atoms with Gasteiger partial charge in [0.05, 0.1) is 24.3 Å². The van der Waals surface area contributed by atoms with E-state index >= 15 is 0 Å². The van der Waals surface area contributed by atoms with Crippen LogP contribution >= 0.6 is 11.6 Å². The van der Waals surface area contributed by atoms with Crippen LogP contribution in [0.2, 0.25) is 0 Å². The molecule has 0 aromatic heterocycles. The number of ether oxygens (including phenoxy) is 1. The Morgan fingerprint density at radius 1 is 1.29 bits per heavy atom. The molecule has 0 amide bonds. The molecule has 2 fully saturated rings. The molecule has 2 aliphatic rings. The zero-order valence-corrected chi connectivity index (χ0v) is 12.3. The minimum absolute atomic E-state index is 0.0571. The highest BCUT2D eigenvalue weighted by Gasteiger charge is 2.41. The zero-order valence-electron chi connectivity index (χ0n) is 11.5. The van der Waals surface area contributed by atoms with Crippen molar-refractivity contribution in [1.29, 1.82) is 0 Å². The molecule has 1 saturated carbocycles. The molecule has 2 atom stereocenters. The first-order valence-electron chi connectivity index (χ1n) is 7.15. The lowest BCUT2D eigenvalue weighted by atomic mass is 10.0. The van der Waals surface area contributed by atoms with Gasteiger partial charge in [-0.1, -0.05) is 6.07 Å². The Morgan fingerprint density at radius 2 is 2.10 bits per heavy atom. The first kappa shape index (κ1) is 15.0. The van der Waals surface area contributed by atoms with Gasteiger partial charge in [0.25, 0.3) is 0 Å². The van der Waals surface area contributed by atoms with Crippen molar-refractivity contribution in [3.8, 4) is 0 Å². The molecule has 1 aliphatic heterocycles. The third kappa shape index (κ3) is 2.86. The van der Waals surface area contributed by atoms with E-state index in [9.17, 15) is 13.2 Å². The lowest BCUT2D eigenvalue weighted by Gasteiger charge is -2.40. The fourth-order valence-corrected chi connectivity index (χ4v) is 3.53. The van der Waals surface area contributed by atoms with Gasteiger partial charge < -0.3 is 9.64 Å². The second-order valence-corrected chi connectivity index (χ2v) is 5.85. The first-order chi connectivity index (χ1) is 10.0. The highest BCUT2D eigenvalue weighted by atomic mass is 35.5. The maximum Gasteiger partial charge on any atom is 0.418 e. The van der Waals surface area contributed by atoms with E-state index in [0.29, 0.717) is 18.7 Å². The summed E-state index contributed by atoms with van der Waals surface area (Å²) in [5.41, 5.74) is 0.161. The number of benzene rings is 1. The molecular formula is C15H17ClF3NO. The summed E-state index contributed by atoms with van der Waals surface area (Å²) in [6.45, 7) is 0.986. The van der Waals surface area contributed by atoms with Gasteiger partial charge in [0.2, 0.25) is 0 Å².